The Morgan fingerprint density at radius 2 is 2.06 bits per heavy atom. The number of benzene rings is 1. The third-order valence-corrected chi connectivity index (χ3v) is 3.60. The zero-order valence-corrected chi connectivity index (χ0v) is 11.8. The quantitative estimate of drug-likeness (QED) is 0.876. The maximum Gasteiger partial charge on any atom is 0.251 e. The van der Waals surface area contributed by atoms with Gasteiger partial charge in [0, 0.05) is 11.6 Å². The molecule has 1 heterocycles. The fourth-order valence-corrected chi connectivity index (χ4v) is 2.46. The molecule has 2 rings (SSSR count). The summed E-state index contributed by atoms with van der Waals surface area (Å²) in [4.78, 5) is 19.1. The van der Waals surface area contributed by atoms with Gasteiger partial charge in [-0.2, -0.15) is 0 Å². The van der Waals surface area contributed by atoms with E-state index in [1.807, 2.05) is 30.3 Å². The number of aromatic amines is 1. The summed E-state index contributed by atoms with van der Waals surface area (Å²) < 4.78 is 0. The highest BCUT2D eigenvalue weighted by molar-refractivity contribution is 9.09. The summed E-state index contributed by atoms with van der Waals surface area (Å²) in [6, 6.07) is 11.2. The van der Waals surface area contributed by atoms with Crippen LogP contribution in [0.15, 0.2) is 41.2 Å². The molecule has 0 saturated carbocycles. The summed E-state index contributed by atoms with van der Waals surface area (Å²) in [7, 11) is 0. The molecule has 1 aromatic heterocycles. The molecule has 2 aromatic rings. The van der Waals surface area contributed by atoms with Gasteiger partial charge in [-0.1, -0.05) is 59.6 Å². The molecule has 0 spiro atoms. The van der Waals surface area contributed by atoms with Crippen molar-refractivity contribution in [2.45, 2.75) is 24.6 Å². The summed E-state index contributed by atoms with van der Waals surface area (Å²) in [5.41, 5.74) is 1.60. The number of nitrogens with one attached hydrogen (secondary N) is 1. The van der Waals surface area contributed by atoms with Crippen LogP contribution in [0, 0.1) is 0 Å². The van der Waals surface area contributed by atoms with E-state index in [-0.39, 0.29) is 10.4 Å². The van der Waals surface area contributed by atoms with E-state index in [4.69, 9.17) is 0 Å². The first kappa shape index (κ1) is 13.0. The Hall–Kier alpha value is -1.42. The lowest BCUT2D eigenvalue weighted by Gasteiger charge is -2.09. The normalized spacial score (nSPS) is 12.3. The molecule has 3 nitrogen and oxygen atoms in total. The minimum atomic E-state index is -0.112. The molecular formula is C14H15BrN2O. The van der Waals surface area contributed by atoms with E-state index in [0.717, 1.165) is 24.1 Å². The minimum Gasteiger partial charge on any atom is -0.307 e. The van der Waals surface area contributed by atoms with E-state index in [1.165, 1.54) is 0 Å². The van der Waals surface area contributed by atoms with Gasteiger partial charge < -0.3 is 4.98 Å². The Bertz CT molecular complexity index is 566. The first-order chi connectivity index (χ1) is 8.70. The molecule has 0 fully saturated rings. The van der Waals surface area contributed by atoms with Crippen LogP contribution in [-0.4, -0.2) is 9.97 Å². The standard InChI is InChI=1S/C14H15BrN2O/c1-2-6-11(15)12-9-13(18)17-14(16-12)10-7-4-3-5-8-10/h3-5,7-9,11H,2,6H2,1H3,(H,16,17,18). The maximum atomic E-state index is 11.7. The van der Waals surface area contributed by atoms with Crippen molar-refractivity contribution in [3.05, 3.63) is 52.4 Å². The van der Waals surface area contributed by atoms with Crippen LogP contribution in [0.25, 0.3) is 11.4 Å². The van der Waals surface area contributed by atoms with Crippen molar-refractivity contribution in [1.82, 2.24) is 9.97 Å². The molecule has 18 heavy (non-hydrogen) atoms. The highest BCUT2D eigenvalue weighted by atomic mass is 79.9. The van der Waals surface area contributed by atoms with Crippen molar-refractivity contribution in [2.24, 2.45) is 0 Å². The van der Waals surface area contributed by atoms with Crippen molar-refractivity contribution in [3.63, 3.8) is 0 Å². The maximum absolute atomic E-state index is 11.7. The molecular weight excluding hydrogens is 292 g/mol. The van der Waals surface area contributed by atoms with E-state index >= 15 is 0 Å². The van der Waals surface area contributed by atoms with Crippen LogP contribution in [0.1, 0.15) is 30.3 Å². The van der Waals surface area contributed by atoms with Gasteiger partial charge in [0.25, 0.3) is 5.56 Å². The molecule has 0 aliphatic heterocycles. The Balaban J connectivity index is 2.42. The number of nitrogens with zero attached hydrogens (tertiary/aromatic N) is 1. The van der Waals surface area contributed by atoms with Gasteiger partial charge in [0.1, 0.15) is 5.82 Å². The molecule has 94 valence electrons. The average molecular weight is 307 g/mol. The summed E-state index contributed by atoms with van der Waals surface area (Å²) in [6.45, 7) is 2.11. The predicted octanol–water partition coefficient (Wildman–Crippen LogP) is 3.67. The fourth-order valence-electron chi connectivity index (χ4n) is 1.77. The Morgan fingerprint density at radius 1 is 1.33 bits per heavy atom. The van der Waals surface area contributed by atoms with E-state index in [0.29, 0.717) is 5.82 Å². The SMILES string of the molecule is CCCC(Br)c1cc(=O)[nH]c(-c2ccccc2)n1. The summed E-state index contributed by atoms with van der Waals surface area (Å²) in [5, 5.41) is 0. The molecule has 0 amide bonds. The second kappa shape index (κ2) is 5.96. The van der Waals surface area contributed by atoms with Gasteiger partial charge in [0.05, 0.1) is 10.5 Å². The molecule has 1 atom stereocenters. The van der Waals surface area contributed by atoms with E-state index in [9.17, 15) is 4.79 Å². The van der Waals surface area contributed by atoms with Gasteiger partial charge in [-0.25, -0.2) is 4.98 Å². The van der Waals surface area contributed by atoms with Crippen molar-refractivity contribution in [2.75, 3.05) is 0 Å². The lowest BCUT2D eigenvalue weighted by atomic mass is 10.1. The average Bonchev–Trinajstić information content (AvgIpc) is 2.39. The van der Waals surface area contributed by atoms with E-state index in [1.54, 1.807) is 6.07 Å². The molecule has 1 N–H and O–H groups in total. The second-order valence-corrected chi connectivity index (χ2v) is 5.25. The number of alkyl halides is 1. The zero-order valence-electron chi connectivity index (χ0n) is 10.2. The predicted molar refractivity (Wildman–Crippen MR) is 76.9 cm³/mol. The molecule has 4 heteroatoms. The van der Waals surface area contributed by atoms with Crippen LogP contribution in [0.3, 0.4) is 0 Å². The minimum absolute atomic E-state index is 0.112. The molecule has 0 aliphatic rings. The first-order valence-electron chi connectivity index (χ1n) is 6.01. The summed E-state index contributed by atoms with van der Waals surface area (Å²) in [6.07, 6.45) is 2.01. The monoisotopic (exact) mass is 306 g/mol. The Labute approximate surface area is 114 Å². The fraction of sp³-hybridized carbons (Fsp3) is 0.286. The van der Waals surface area contributed by atoms with Gasteiger partial charge in [0.2, 0.25) is 0 Å². The van der Waals surface area contributed by atoms with Crippen LogP contribution in [0.5, 0.6) is 0 Å². The van der Waals surface area contributed by atoms with Gasteiger partial charge in [0.15, 0.2) is 0 Å². The molecule has 1 aromatic carbocycles. The van der Waals surface area contributed by atoms with Crippen molar-refractivity contribution >= 4 is 15.9 Å². The molecule has 0 bridgehead atoms. The lowest BCUT2D eigenvalue weighted by molar-refractivity contribution is 0.766. The number of aromatic nitrogens is 2. The van der Waals surface area contributed by atoms with Crippen molar-refractivity contribution in [3.8, 4) is 11.4 Å². The summed E-state index contributed by atoms with van der Waals surface area (Å²) >= 11 is 3.57. The largest absolute Gasteiger partial charge is 0.307 e. The van der Waals surface area contributed by atoms with Crippen LogP contribution >= 0.6 is 15.9 Å². The van der Waals surface area contributed by atoms with E-state index in [2.05, 4.69) is 32.8 Å². The zero-order chi connectivity index (χ0) is 13.0. The highest BCUT2D eigenvalue weighted by Gasteiger charge is 2.11. The Kier molecular flexibility index (Phi) is 4.31. The van der Waals surface area contributed by atoms with Crippen LogP contribution < -0.4 is 5.56 Å². The van der Waals surface area contributed by atoms with Gasteiger partial charge in [-0.15, -0.1) is 0 Å². The third-order valence-electron chi connectivity index (χ3n) is 2.67. The van der Waals surface area contributed by atoms with Crippen molar-refractivity contribution in [1.29, 1.82) is 0 Å². The Morgan fingerprint density at radius 3 is 2.72 bits per heavy atom. The van der Waals surface area contributed by atoms with Crippen LogP contribution in [0.4, 0.5) is 0 Å². The van der Waals surface area contributed by atoms with Crippen LogP contribution in [0.2, 0.25) is 0 Å². The van der Waals surface area contributed by atoms with Gasteiger partial charge in [-0.05, 0) is 6.42 Å². The van der Waals surface area contributed by atoms with Crippen LogP contribution in [-0.2, 0) is 0 Å². The number of halogens is 1. The molecule has 0 radical (unpaired) electrons. The smallest absolute Gasteiger partial charge is 0.251 e. The molecule has 0 aliphatic carbocycles. The molecule has 1 unspecified atom stereocenters. The number of hydrogen-bond donors (Lipinski definition) is 1. The van der Waals surface area contributed by atoms with Gasteiger partial charge in [-0.3, -0.25) is 4.79 Å². The summed E-state index contributed by atoms with van der Waals surface area (Å²) in [5.74, 6) is 0.624. The number of H-pyrrole nitrogens is 1. The first-order valence-corrected chi connectivity index (χ1v) is 6.93. The second-order valence-electron chi connectivity index (χ2n) is 4.14. The molecule has 0 saturated heterocycles. The van der Waals surface area contributed by atoms with Crippen molar-refractivity contribution < 1.29 is 0 Å². The highest BCUT2D eigenvalue weighted by Crippen LogP contribution is 2.26. The van der Waals surface area contributed by atoms with Gasteiger partial charge >= 0.3 is 0 Å². The number of hydrogen-bond acceptors (Lipinski definition) is 2. The lowest BCUT2D eigenvalue weighted by Crippen LogP contribution is -2.11. The van der Waals surface area contributed by atoms with E-state index < -0.39 is 0 Å². The number of rotatable bonds is 4. The third kappa shape index (κ3) is 3.07. The topological polar surface area (TPSA) is 45.8 Å².